The van der Waals surface area contributed by atoms with E-state index in [0.29, 0.717) is 31.9 Å². The summed E-state index contributed by atoms with van der Waals surface area (Å²) in [4.78, 5) is 24.8. The fraction of sp³-hybridized carbons (Fsp3) is 0.579. The second-order valence-electron chi connectivity index (χ2n) is 6.75. The van der Waals surface area contributed by atoms with Crippen LogP contribution in [0.1, 0.15) is 44.9 Å². The number of amides is 1. The van der Waals surface area contributed by atoms with E-state index in [-0.39, 0.29) is 11.8 Å². The van der Waals surface area contributed by atoms with Crippen LogP contribution in [0, 0.1) is 23.4 Å². The Labute approximate surface area is 156 Å². The molecule has 0 aromatic heterocycles. The quantitative estimate of drug-likeness (QED) is 0.479. The molecule has 2 rings (SSSR count). The van der Waals surface area contributed by atoms with E-state index < -0.39 is 41.6 Å². The van der Waals surface area contributed by atoms with Crippen molar-refractivity contribution in [1.82, 2.24) is 5.32 Å². The molecule has 1 amide bonds. The molecule has 150 valence electrons. The van der Waals surface area contributed by atoms with Crippen molar-refractivity contribution < 1.29 is 27.5 Å². The number of ether oxygens (including phenoxy) is 1. The summed E-state index contributed by atoms with van der Waals surface area (Å²) >= 11 is 0. The molecule has 1 saturated carbocycles. The molecule has 1 aromatic carbocycles. The third-order valence-corrected chi connectivity index (χ3v) is 4.74. The van der Waals surface area contributed by atoms with Gasteiger partial charge in [-0.25, -0.2) is 8.78 Å². The Morgan fingerprint density at radius 2 is 1.81 bits per heavy atom. The minimum Gasteiger partial charge on any atom is -0.480 e. The minimum absolute atomic E-state index is 0.117. The molecule has 0 heterocycles. The van der Waals surface area contributed by atoms with Crippen LogP contribution in [0.4, 0.5) is 13.2 Å². The third kappa shape index (κ3) is 5.95. The Balaban J connectivity index is 1.99. The number of halogens is 3. The van der Waals surface area contributed by atoms with Crippen LogP contribution >= 0.6 is 0 Å². The maximum atomic E-state index is 13.6. The first-order valence-electron chi connectivity index (χ1n) is 9.23. The number of hydrogen-bond acceptors (Lipinski definition) is 4. The van der Waals surface area contributed by atoms with Crippen molar-refractivity contribution in [3.05, 3.63) is 29.6 Å². The highest BCUT2D eigenvalue weighted by Gasteiger charge is 2.28. The average Bonchev–Trinajstić information content (AvgIpc) is 3.19. The van der Waals surface area contributed by atoms with Gasteiger partial charge in [0.2, 0.25) is 11.7 Å². The molecular weight excluding hydrogens is 361 g/mol. The molecule has 0 saturated heterocycles. The largest absolute Gasteiger partial charge is 0.480 e. The number of unbranched alkanes of at least 4 members (excludes halogenated alkanes) is 1. The molecule has 1 aliphatic carbocycles. The SMILES string of the molecule is NCCCC[C@H](NC(=O)C1CCCC1)C(=O)COc1c(F)ccc(F)c1F. The van der Waals surface area contributed by atoms with Gasteiger partial charge in [0.25, 0.3) is 0 Å². The predicted molar refractivity (Wildman–Crippen MR) is 93.6 cm³/mol. The molecule has 5 nitrogen and oxygen atoms in total. The summed E-state index contributed by atoms with van der Waals surface area (Å²) in [7, 11) is 0. The monoisotopic (exact) mass is 386 g/mol. The number of carbonyl (C=O) groups excluding carboxylic acids is 2. The molecule has 0 bridgehead atoms. The molecular formula is C19H25F3N2O3. The van der Waals surface area contributed by atoms with Crippen LogP contribution in [0.15, 0.2) is 12.1 Å². The van der Waals surface area contributed by atoms with E-state index in [0.717, 1.165) is 31.7 Å². The van der Waals surface area contributed by atoms with Crippen molar-refractivity contribution >= 4 is 11.7 Å². The van der Waals surface area contributed by atoms with E-state index in [1.165, 1.54) is 0 Å². The van der Waals surface area contributed by atoms with Gasteiger partial charge in [0.05, 0.1) is 6.04 Å². The lowest BCUT2D eigenvalue weighted by molar-refractivity contribution is -0.131. The van der Waals surface area contributed by atoms with Crippen molar-refractivity contribution in [1.29, 1.82) is 0 Å². The number of nitrogens with two attached hydrogens (primary N) is 1. The number of ketones is 1. The fourth-order valence-corrected chi connectivity index (χ4v) is 3.17. The summed E-state index contributed by atoms with van der Waals surface area (Å²) in [5, 5.41) is 2.72. The molecule has 0 radical (unpaired) electrons. The van der Waals surface area contributed by atoms with Crippen molar-refractivity contribution in [3.63, 3.8) is 0 Å². The Morgan fingerprint density at radius 3 is 2.48 bits per heavy atom. The Morgan fingerprint density at radius 1 is 1.15 bits per heavy atom. The van der Waals surface area contributed by atoms with Gasteiger partial charge in [0, 0.05) is 5.92 Å². The van der Waals surface area contributed by atoms with E-state index in [1.807, 2.05) is 0 Å². The van der Waals surface area contributed by atoms with E-state index in [2.05, 4.69) is 5.32 Å². The zero-order valence-electron chi connectivity index (χ0n) is 15.1. The molecule has 1 aliphatic rings. The zero-order valence-corrected chi connectivity index (χ0v) is 15.1. The predicted octanol–water partition coefficient (Wildman–Crippen LogP) is 2.86. The Hall–Kier alpha value is -2.09. The molecule has 3 N–H and O–H groups in total. The number of hydrogen-bond donors (Lipinski definition) is 2. The molecule has 0 spiro atoms. The standard InChI is InChI=1S/C19H25F3N2O3/c20-13-8-9-14(21)18(17(13)22)27-11-16(25)15(7-3-4-10-23)24-19(26)12-5-1-2-6-12/h8-9,12,15H,1-7,10-11,23H2,(H,24,26)/t15-/m0/s1. The number of Topliss-reactive ketones (excluding diaryl/α,β-unsaturated/α-hetero) is 1. The minimum atomic E-state index is -1.49. The summed E-state index contributed by atoms with van der Waals surface area (Å²) in [6.45, 7) is -0.219. The van der Waals surface area contributed by atoms with Gasteiger partial charge in [-0.15, -0.1) is 0 Å². The normalized spacial score (nSPS) is 15.6. The van der Waals surface area contributed by atoms with Crippen LogP contribution in [-0.2, 0) is 9.59 Å². The van der Waals surface area contributed by atoms with Crippen LogP contribution in [0.3, 0.4) is 0 Å². The number of nitrogens with one attached hydrogen (secondary N) is 1. The first kappa shape index (κ1) is 21.2. The van der Waals surface area contributed by atoms with Crippen LogP contribution in [0.5, 0.6) is 5.75 Å². The first-order valence-corrected chi connectivity index (χ1v) is 9.23. The van der Waals surface area contributed by atoms with Crippen LogP contribution in [-0.4, -0.2) is 30.9 Å². The smallest absolute Gasteiger partial charge is 0.223 e. The highest BCUT2D eigenvalue weighted by molar-refractivity contribution is 5.90. The van der Waals surface area contributed by atoms with Gasteiger partial charge in [-0.2, -0.15) is 4.39 Å². The maximum Gasteiger partial charge on any atom is 0.223 e. The maximum absolute atomic E-state index is 13.6. The van der Waals surface area contributed by atoms with E-state index in [4.69, 9.17) is 10.5 Å². The highest BCUT2D eigenvalue weighted by Crippen LogP contribution is 2.25. The molecule has 1 atom stereocenters. The summed E-state index contributed by atoms with van der Waals surface area (Å²) in [5.41, 5.74) is 5.46. The summed E-state index contributed by atoms with van der Waals surface area (Å²) in [6.07, 6.45) is 5.16. The molecule has 0 aliphatic heterocycles. The molecule has 8 heteroatoms. The molecule has 1 fully saturated rings. The second kappa shape index (κ2) is 10.3. The summed E-state index contributed by atoms with van der Waals surface area (Å²) in [5.74, 6) is -5.63. The van der Waals surface area contributed by atoms with Gasteiger partial charge in [0.1, 0.15) is 6.61 Å². The highest BCUT2D eigenvalue weighted by atomic mass is 19.2. The van der Waals surface area contributed by atoms with Crippen LogP contribution < -0.4 is 15.8 Å². The van der Waals surface area contributed by atoms with Gasteiger partial charge in [-0.05, 0) is 50.8 Å². The van der Waals surface area contributed by atoms with Crippen molar-refractivity contribution in [2.45, 2.75) is 51.0 Å². The Kier molecular flexibility index (Phi) is 8.09. The lowest BCUT2D eigenvalue weighted by Crippen LogP contribution is -2.45. The Bertz CT molecular complexity index is 664. The second-order valence-corrected chi connectivity index (χ2v) is 6.75. The van der Waals surface area contributed by atoms with E-state index in [9.17, 15) is 22.8 Å². The van der Waals surface area contributed by atoms with Gasteiger partial charge in [0.15, 0.2) is 23.2 Å². The van der Waals surface area contributed by atoms with Gasteiger partial charge in [-0.1, -0.05) is 12.8 Å². The summed E-state index contributed by atoms with van der Waals surface area (Å²) < 4.78 is 45.4. The van der Waals surface area contributed by atoms with Crippen molar-refractivity contribution in [2.24, 2.45) is 11.7 Å². The zero-order chi connectivity index (χ0) is 19.8. The van der Waals surface area contributed by atoms with Crippen LogP contribution in [0.25, 0.3) is 0 Å². The molecule has 27 heavy (non-hydrogen) atoms. The average molecular weight is 386 g/mol. The van der Waals surface area contributed by atoms with Gasteiger partial charge in [-0.3, -0.25) is 9.59 Å². The van der Waals surface area contributed by atoms with Gasteiger partial charge < -0.3 is 15.8 Å². The third-order valence-electron chi connectivity index (χ3n) is 4.74. The number of carbonyl (C=O) groups is 2. The fourth-order valence-electron chi connectivity index (χ4n) is 3.17. The molecule has 0 unspecified atom stereocenters. The number of benzene rings is 1. The van der Waals surface area contributed by atoms with Crippen molar-refractivity contribution in [3.8, 4) is 5.75 Å². The van der Waals surface area contributed by atoms with Crippen LogP contribution in [0.2, 0.25) is 0 Å². The topological polar surface area (TPSA) is 81.4 Å². The lowest BCUT2D eigenvalue weighted by atomic mass is 10.0. The summed E-state index contributed by atoms with van der Waals surface area (Å²) in [6, 6.07) is 0.527. The van der Waals surface area contributed by atoms with E-state index >= 15 is 0 Å². The first-order chi connectivity index (χ1) is 12.9. The lowest BCUT2D eigenvalue weighted by Gasteiger charge is -2.20. The van der Waals surface area contributed by atoms with Crippen molar-refractivity contribution in [2.75, 3.05) is 13.2 Å². The molecule has 1 aromatic rings. The van der Waals surface area contributed by atoms with Gasteiger partial charge >= 0.3 is 0 Å². The number of rotatable bonds is 10. The van der Waals surface area contributed by atoms with E-state index in [1.54, 1.807) is 0 Å².